The highest BCUT2D eigenvalue weighted by Gasteiger charge is 2.29. The number of aromatic amines is 2. The van der Waals surface area contributed by atoms with Crippen LogP contribution in [-0.4, -0.2) is 74.0 Å². The number of carbonyl (C=O) groups excluding carboxylic acids is 3. The molecule has 0 fully saturated rings. The zero-order chi connectivity index (χ0) is 31.1. The normalized spacial score (nSPS) is 14.0. The highest BCUT2D eigenvalue weighted by atomic mass is 16.4. The summed E-state index contributed by atoms with van der Waals surface area (Å²) < 4.78 is 0. The summed E-state index contributed by atoms with van der Waals surface area (Å²) in [5.41, 5.74) is 9.33. The van der Waals surface area contributed by atoms with Gasteiger partial charge in [0.25, 0.3) is 0 Å². The first-order valence-corrected chi connectivity index (χ1v) is 13.7. The molecule has 2 heterocycles. The molecule has 3 amide bonds. The second-order valence-corrected chi connectivity index (χ2v) is 10.4. The predicted molar refractivity (Wildman–Crippen MR) is 158 cm³/mol. The summed E-state index contributed by atoms with van der Waals surface area (Å²) in [6.45, 7) is 1.36. The molecule has 4 unspecified atom stereocenters. The Kier molecular flexibility index (Phi) is 9.78. The first-order chi connectivity index (χ1) is 20.5. The van der Waals surface area contributed by atoms with E-state index in [-0.39, 0.29) is 19.3 Å². The number of rotatable bonds is 14. The lowest BCUT2D eigenvalue weighted by Crippen LogP contribution is -2.56. The van der Waals surface area contributed by atoms with Gasteiger partial charge in [-0.25, -0.2) is 4.79 Å². The first-order valence-electron chi connectivity index (χ1n) is 13.7. The minimum absolute atomic E-state index is 0.00261. The van der Waals surface area contributed by atoms with Gasteiger partial charge in [-0.2, -0.15) is 0 Å². The van der Waals surface area contributed by atoms with Gasteiger partial charge in [-0.1, -0.05) is 36.4 Å². The van der Waals surface area contributed by atoms with Crippen molar-refractivity contribution in [2.45, 2.75) is 56.8 Å². The summed E-state index contributed by atoms with van der Waals surface area (Å²) in [6, 6.07) is 10.0. The highest BCUT2D eigenvalue weighted by molar-refractivity contribution is 5.94. The van der Waals surface area contributed by atoms with Crippen molar-refractivity contribution in [3.05, 3.63) is 72.1 Å². The molecule has 226 valence electrons. The minimum Gasteiger partial charge on any atom is -0.481 e. The molecule has 13 nitrogen and oxygen atoms in total. The van der Waals surface area contributed by atoms with E-state index < -0.39 is 60.2 Å². The van der Waals surface area contributed by atoms with E-state index in [0.717, 1.165) is 27.4 Å². The Bertz CT molecular complexity index is 1640. The molecule has 4 atom stereocenters. The fraction of sp³-hybridized carbons (Fsp3) is 0.300. The number of hydrogen-bond donors (Lipinski definition) is 8. The van der Waals surface area contributed by atoms with Crippen LogP contribution in [0, 0.1) is 0 Å². The van der Waals surface area contributed by atoms with Gasteiger partial charge in [-0.05, 0) is 43.0 Å². The van der Waals surface area contributed by atoms with Crippen molar-refractivity contribution in [2.75, 3.05) is 0 Å². The molecule has 2 aromatic carbocycles. The Balaban J connectivity index is 1.37. The number of benzene rings is 2. The summed E-state index contributed by atoms with van der Waals surface area (Å²) in [6.07, 6.45) is 2.90. The lowest BCUT2D eigenvalue weighted by Gasteiger charge is -2.23. The van der Waals surface area contributed by atoms with Gasteiger partial charge in [0.15, 0.2) is 0 Å². The molecular weight excluding hydrogens is 556 g/mol. The summed E-state index contributed by atoms with van der Waals surface area (Å²) in [7, 11) is 0. The number of carboxylic acid groups (broad SMARTS) is 2. The summed E-state index contributed by atoms with van der Waals surface area (Å²) >= 11 is 0. The Morgan fingerprint density at radius 1 is 0.744 bits per heavy atom. The third-order valence-corrected chi connectivity index (χ3v) is 7.20. The van der Waals surface area contributed by atoms with Crippen molar-refractivity contribution < 1.29 is 34.2 Å². The van der Waals surface area contributed by atoms with Crippen LogP contribution < -0.4 is 21.7 Å². The average Bonchev–Trinajstić information content (AvgIpc) is 3.58. The third kappa shape index (κ3) is 7.77. The van der Waals surface area contributed by atoms with Crippen LogP contribution in [0.2, 0.25) is 0 Å². The van der Waals surface area contributed by atoms with E-state index in [2.05, 4.69) is 25.9 Å². The molecule has 43 heavy (non-hydrogen) atoms. The van der Waals surface area contributed by atoms with E-state index in [1.165, 1.54) is 6.92 Å². The van der Waals surface area contributed by atoms with Crippen LogP contribution in [0.5, 0.6) is 0 Å². The van der Waals surface area contributed by atoms with Gasteiger partial charge < -0.3 is 41.9 Å². The molecule has 0 aliphatic carbocycles. The van der Waals surface area contributed by atoms with Crippen molar-refractivity contribution in [3.8, 4) is 0 Å². The lowest BCUT2D eigenvalue weighted by atomic mass is 10.0. The molecule has 0 spiro atoms. The Morgan fingerprint density at radius 2 is 1.28 bits per heavy atom. The molecule has 0 radical (unpaired) electrons. The van der Waals surface area contributed by atoms with Gasteiger partial charge >= 0.3 is 11.9 Å². The van der Waals surface area contributed by atoms with Crippen LogP contribution in [0.25, 0.3) is 21.8 Å². The van der Waals surface area contributed by atoms with Crippen molar-refractivity contribution in [2.24, 2.45) is 5.73 Å². The van der Waals surface area contributed by atoms with Crippen LogP contribution in [0.3, 0.4) is 0 Å². The van der Waals surface area contributed by atoms with Gasteiger partial charge in [-0.3, -0.25) is 19.2 Å². The molecule has 2 aromatic heterocycles. The molecule has 9 N–H and O–H groups in total. The van der Waals surface area contributed by atoms with E-state index in [9.17, 15) is 29.1 Å². The van der Waals surface area contributed by atoms with Gasteiger partial charge in [-0.15, -0.1) is 0 Å². The van der Waals surface area contributed by atoms with Crippen LogP contribution in [-0.2, 0) is 36.8 Å². The number of hydrogen-bond acceptors (Lipinski definition) is 6. The summed E-state index contributed by atoms with van der Waals surface area (Å²) in [4.78, 5) is 68.2. The van der Waals surface area contributed by atoms with Crippen molar-refractivity contribution in [3.63, 3.8) is 0 Å². The maximum absolute atomic E-state index is 13.1. The maximum Gasteiger partial charge on any atom is 0.326 e. The molecule has 0 saturated carbocycles. The largest absolute Gasteiger partial charge is 0.481 e. The quantitative estimate of drug-likeness (QED) is 0.106. The van der Waals surface area contributed by atoms with Gasteiger partial charge in [0.05, 0.1) is 6.04 Å². The van der Waals surface area contributed by atoms with E-state index in [1.54, 1.807) is 12.4 Å². The van der Waals surface area contributed by atoms with Gasteiger partial charge in [0, 0.05) is 47.0 Å². The topological polar surface area (TPSA) is 219 Å². The van der Waals surface area contributed by atoms with E-state index in [1.807, 2.05) is 48.5 Å². The Labute approximate surface area is 246 Å². The highest BCUT2D eigenvalue weighted by Crippen LogP contribution is 2.20. The second kappa shape index (κ2) is 13.7. The SMILES string of the molecule is CC(NC(=O)C(CCC(=O)O)NC(=O)C(N)Cc1c[nH]c2ccccc12)C(=O)NC(Cc1c[nH]c2ccccc12)C(=O)O. The molecule has 0 saturated heterocycles. The average molecular weight is 591 g/mol. The minimum atomic E-state index is -1.30. The summed E-state index contributed by atoms with van der Waals surface area (Å²) in [5.74, 6) is -4.67. The van der Waals surface area contributed by atoms with Gasteiger partial charge in [0.1, 0.15) is 18.1 Å². The van der Waals surface area contributed by atoms with Crippen LogP contribution >= 0.6 is 0 Å². The zero-order valence-corrected chi connectivity index (χ0v) is 23.4. The standard InChI is InChI=1S/C30H34N6O7/c1-16(27(39)36-25(30(42)43)13-18-15-33-23-9-5-3-7-20(18)23)34-29(41)24(10-11-26(37)38)35-28(40)21(31)12-17-14-32-22-8-4-2-6-19(17)22/h2-9,14-16,21,24-25,32-33H,10-13,31H2,1H3,(H,34,41)(H,35,40)(H,36,39)(H,37,38)(H,42,43). The smallest absolute Gasteiger partial charge is 0.326 e. The molecule has 0 bridgehead atoms. The first kappa shape index (κ1) is 30.8. The molecule has 4 rings (SSSR count). The Morgan fingerprint density at radius 3 is 1.84 bits per heavy atom. The number of aliphatic carboxylic acids is 2. The van der Waals surface area contributed by atoms with E-state index in [4.69, 9.17) is 10.8 Å². The fourth-order valence-electron chi connectivity index (χ4n) is 4.84. The molecular formula is C30H34N6O7. The van der Waals surface area contributed by atoms with E-state index >= 15 is 0 Å². The number of nitrogens with two attached hydrogens (primary N) is 1. The predicted octanol–water partition coefficient (Wildman–Crippen LogP) is 1.19. The monoisotopic (exact) mass is 590 g/mol. The number of fused-ring (bicyclic) bond motifs is 2. The number of nitrogens with one attached hydrogen (secondary N) is 5. The molecule has 4 aromatic rings. The number of para-hydroxylation sites is 2. The molecule has 13 heteroatoms. The third-order valence-electron chi connectivity index (χ3n) is 7.20. The molecule has 0 aliphatic heterocycles. The second-order valence-electron chi connectivity index (χ2n) is 10.4. The fourth-order valence-corrected chi connectivity index (χ4v) is 4.84. The zero-order valence-electron chi connectivity index (χ0n) is 23.4. The van der Waals surface area contributed by atoms with Crippen LogP contribution in [0.15, 0.2) is 60.9 Å². The lowest BCUT2D eigenvalue weighted by molar-refractivity contribution is -0.142. The number of carbonyl (C=O) groups is 5. The summed E-state index contributed by atoms with van der Waals surface area (Å²) in [5, 5.41) is 28.0. The van der Waals surface area contributed by atoms with Crippen LogP contribution in [0.4, 0.5) is 0 Å². The van der Waals surface area contributed by atoms with Crippen molar-refractivity contribution in [1.82, 2.24) is 25.9 Å². The maximum atomic E-state index is 13.1. The Hall–Kier alpha value is -5.17. The van der Waals surface area contributed by atoms with Crippen LogP contribution in [0.1, 0.15) is 30.9 Å². The molecule has 0 aliphatic rings. The van der Waals surface area contributed by atoms with Gasteiger partial charge in [0.2, 0.25) is 17.7 Å². The van der Waals surface area contributed by atoms with Crippen molar-refractivity contribution >= 4 is 51.5 Å². The number of amides is 3. The number of H-pyrrole nitrogens is 2. The van der Waals surface area contributed by atoms with E-state index in [0.29, 0.717) is 5.56 Å². The van der Waals surface area contributed by atoms with Crippen molar-refractivity contribution in [1.29, 1.82) is 0 Å². The number of carboxylic acids is 2. The number of aromatic nitrogens is 2.